The van der Waals surface area contributed by atoms with E-state index < -0.39 is 0 Å². The average molecular weight is 244 g/mol. The van der Waals surface area contributed by atoms with Gasteiger partial charge in [-0.15, -0.1) is 0 Å². The zero-order chi connectivity index (χ0) is 12.0. The van der Waals surface area contributed by atoms with Gasteiger partial charge >= 0.3 is 0 Å². The van der Waals surface area contributed by atoms with E-state index in [2.05, 4.69) is 44.0 Å². The van der Waals surface area contributed by atoms with Gasteiger partial charge in [0, 0.05) is 11.6 Å². The van der Waals surface area contributed by atoms with Crippen LogP contribution in [-0.4, -0.2) is 30.4 Å². The first-order valence-corrected chi connectivity index (χ1v) is 7.36. The molecule has 0 spiro atoms. The van der Waals surface area contributed by atoms with E-state index in [1.165, 1.54) is 25.7 Å². The number of rotatable bonds is 5. The van der Waals surface area contributed by atoms with Gasteiger partial charge in [-0.05, 0) is 57.4 Å². The summed E-state index contributed by atoms with van der Waals surface area (Å²) in [6.07, 6.45) is 5.13. The molecule has 0 aliphatic heterocycles. The lowest BCUT2D eigenvalue weighted by Gasteiger charge is -2.31. The fourth-order valence-corrected chi connectivity index (χ4v) is 3.31. The van der Waals surface area contributed by atoms with Gasteiger partial charge in [-0.1, -0.05) is 13.8 Å². The molecular formula is C13H28N2S. The average Bonchev–Trinajstić information content (AvgIpc) is 2.40. The third-order valence-corrected chi connectivity index (χ3v) is 4.27. The van der Waals surface area contributed by atoms with Crippen LogP contribution >= 0.6 is 12.6 Å². The topological polar surface area (TPSA) is 24.1 Å². The van der Waals surface area contributed by atoms with Crippen LogP contribution < -0.4 is 10.6 Å². The molecule has 1 aliphatic carbocycles. The molecule has 1 fully saturated rings. The monoisotopic (exact) mass is 244 g/mol. The highest BCUT2D eigenvalue weighted by Crippen LogP contribution is 2.31. The van der Waals surface area contributed by atoms with Crippen LogP contribution in [0, 0.1) is 5.92 Å². The Morgan fingerprint density at radius 3 is 2.62 bits per heavy atom. The third kappa shape index (κ3) is 4.27. The normalized spacial score (nSPS) is 36.0. The summed E-state index contributed by atoms with van der Waals surface area (Å²) in [5.74, 6) is 1.77. The largest absolute Gasteiger partial charge is 0.314 e. The summed E-state index contributed by atoms with van der Waals surface area (Å²) in [7, 11) is 0. The molecule has 0 radical (unpaired) electrons. The zero-order valence-electron chi connectivity index (χ0n) is 11.1. The summed E-state index contributed by atoms with van der Waals surface area (Å²) >= 11 is 4.51. The van der Waals surface area contributed by atoms with Crippen molar-refractivity contribution in [2.75, 3.05) is 18.8 Å². The molecule has 96 valence electrons. The lowest BCUT2D eigenvalue weighted by molar-refractivity contribution is 0.290. The van der Waals surface area contributed by atoms with E-state index in [1.807, 2.05) is 0 Å². The van der Waals surface area contributed by atoms with Crippen molar-refractivity contribution >= 4 is 12.6 Å². The number of thiol groups is 1. The molecule has 0 heterocycles. The molecule has 0 aromatic carbocycles. The van der Waals surface area contributed by atoms with Crippen LogP contribution in [0.1, 0.15) is 46.5 Å². The maximum atomic E-state index is 4.51. The van der Waals surface area contributed by atoms with Crippen molar-refractivity contribution in [2.24, 2.45) is 5.92 Å². The molecule has 0 aromatic rings. The van der Waals surface area contributed by atoms with Crippen molar-refractivity contribution in [3.05, 3.63) is 0 Å². The predicted molar refractivity (Wildman–Crippen MR) is 75.4 cm³/mol. The second-order valence-corrected chi connectivity index (χ2v) is 5.74. The minimum Gasteiger partial charge on any atom is -0.314 e. The minimum atomic E-state index is 0.326. The van der Waals surface area contributed by atoms with Crippen molar-refractivity contribution in [3.63, 3.8) is 0 Å². The lowest BCUT2D eigenvalue weighted by atomic mass is 9.88. The summed E-state index contributed by atoms with van der Waals surface area (Å²) in [6, 6.07) is 0.697. The molecule has 0 saturated heterocycles. The second-order valence-electron chi connectivity index (χ2n) is 5.37. The molecule has 3 atom stereocenters. The Hall–Kier alpha value is 0.270. The lowest BCUT2D eigenvalue weighted by Crippen LogP contribution is -2.43. The minimum absolute atomic E-state index is 0.326. The first-order chi connectivity index (χ1) is 7.63. The van der Waals surface area contributed by atoms with Gasteiger partial charge in [0.25, 0.3) is 0 Å². The van der Waals surface area contributed by atoms with E-state index in [0.717, 1.165) is 24.8 Å². The van der Waals surface area contributed by atoms with Crippen LogP contribution in [0.4, 0.5) is 0 Å². The van der Waals surface area contributed by atoms with Crippen LogP contribution in [0.3, 0.4) is 0 Å². The Morgan fingerprint density at radius 2 is 2.06 bits per heavy atom. The Morgan fingerprint density at radius 1 is 1.31 bits per heavy atom. The maximum Gasteiger partial charge on any atom is 0.0156 e. The van der Waals surface area contributed by atoms with E-state index in [-0.39, 0.29) is 0 Å². The maximum absolute atomic E-state index is 4.51. The molecule has 2 nitrogen and oxygen atoms in total. The van der Waals surface area contributed by atoms with Crippen molar-refractivity contribution < 1.29 is 0 Å². The van der Waals surface area contributed by atoms with Gasteiger partial charge < -0.3 is 10.6 Å². The fourth-order valence-electron chi connectivity index (χ4n) is 3.04. The van der Waals surface area contributed by atoms with E-state index in [4.69, 9.17) is 0 Å². The Kier molecular flexibility index (Phi) is 6.16. The Bertz CT molecular complexity index is 198. The molecule has 1 rings (SSSR count). The van der Waals surface area contributed by atoms with Gasteiger partial charge in [0.15, 0.2) is 0 Å². The second kappa shape index (κ2) is 6.87. The number of nitrogens with one attached hydrogen (secondary N) is 2. The highest BCUT2D eigenvalue weighted by molar-refractivity contribution is 7.80. The summed E-state index contributed by atoms with van der Waals surface area (Å²) in [5, 5.41) is 7.27. The van der Waals surface area contributed by atoms with E-state index >= 15 is 0 Å². The SMILES string of the molecule is CCNC1CCC(C)(NCC)CC(CS)C1. The molecule has 1 aliphatic rings. The highest BCUT2D eigenvalue weighted by atomic mass is 32.1. The predicted octanol–water partition coefficient (Wildman–Crippen LogP) is 2.45. The molecule has 3 unspecified atom stereocenters. The molecule has 0 amide bonds. The van der Waals surface area contributed by atoms with Gasteiger partial charge in [-0.25, -0.2) is 0 Å². The van der Waals surface area contributed by atoms with Gasteiger partial charge in [-0.2, -0.15) is 12.6 Å². The molecule has 0 bridgehead atoms. The molecule has 3 heteroatoms. The highest BCUT2D eigenvalue weighted by Gasteiger charge is 2.32. The quantitative estimate of drug-likeness (QED) is 0.511. The van der Waals surface area contributed by atoms with Crippen molar-refractivity contribution in [2.45, 2.75) is 58.0 Å². The van der Waals surface area contributed by atoms with E-state index in [1.54, 1.807) is 0 Å². The first kappa shape index (κ1) is 14.3. The number of hydrogen-bond donors (Lipinski definition) is 3. The van der Waals surface area contributed by atoms with Gasteiger partial charge in [0.1, 0.15) is 0 Å². The molecule has 1 saturated carbocycles. The van der Waals surface area contributed by atoms with Crippen LogP contribution in [0.15, 0.2) is 0 Å². The van der Waals surface area contributed by atoms with Crippen molar-refractivity contribution in [3.8, 4) is 0 Å². The van der Waals surface area contributed by atoms with Gasteiger partial charge in [0.2, 0.25) is 0 Å². The standard InChI is InChI=1S/C13H28N2S/c1-4-14-12-6-7-13(3,15-5-2)9-11(8-12)10-16/h11-12,14-16H,4-10H2,1-3H3. The Labute approximate surface area is 106 Å². The number of hydrogen-bond acceptors (Lipinski definition) is 3. The van der Waals surface area contributed by atoms with Gasteiger partial charge in [0.05, 0.1) is 0 Å². The molecule has 2 N–H and O–H groups in total. The summed E-state index contributed by atoms with van der Waals surface area (Å²) < 4.78 is 0. The van der Waals surface area contributed by atoms with Crippen LogP contribution in [0.5, 0.6) is 0 Å². The van der Waals surface area contributed by atoms with Crippen LogP contribution in [0.2, 0.25) is 0 Å². The van der Waals surface area contributed by atoms with Crippen LogP contribution in [-0.2, 0) is 0 Å². The summed E-state index contributed by atoms with van der Waals surface area (Å²) in [6.45, 7) is 8.93. The summed E-state index contributed by atoms with van der Waals surface area (Å²) in [4.78, 5) is 0. The smallest absolute Gasteiger partial charge is 0.0156 e. The van der Waals surface area contributed by atoms with Crippen molar-refractivity contribution in [1.82, 2.24) is 10.6 Å². The molecule has 16 heavy (non-hydrogen) atoms. The molecular weight excluding hydrogens is 216 g/mol. The third-order valence-electron chi connectivity index (χ3n) is 3.76. The summed E-state index contributed by atoms with van der Waals surface area (Å²) in [5.41, 5.74) is 0.326. The van der Waals surface area contributed by atoms with Crippen molar-refractivity contribution in [1.29, 1.82) is 0 Å². The Balaban J connectivity index is 2.60. The first-order valence-electron chi connectivity index (χ1n) is 6.72. The molecule has 0 aromatic heterocycles. The van der Waals surface area contributed by atoms with E-state index in [9.17, 15) is 0 Å². The van der Waals surface area contributed by atoms with E-state index in [0.29, 0.717) is 11.6 Å². The zero-order valence-corrected chi connectivity index (χ0v) is 11.9. The van der Waals surface area contributed by atoms with Crippen LogP contribution in [0.25, 0.3) is 0 Å². The fraction of sp³-hybridized carbons (Fsp3) is 1.00. The van der Waals surface area contributed by atoms with Gasteiger partial charge in [-0.3, -0.25) is 0 Å².